The van der Waals surface area contributed by atoms with E-state index in [2.05, 4.69) is 31.0 Å². The molecule has 5 heteroatoms. The van der Waals surface area contributed by atoms with Crippen LogP contribution in [0.25, 0.3) is 10.2 Å². The molecule has 0 aliphatic heterocycles. The van der Waals surface area contributed by atoms with Gasteiger partial charge < -0.3 is 9.30 Å². The van der Waals surface area contributed by atoms with Gasteiger partial charge in [0.05, 0.1) is 23.2 Å². The predicted molar refractivity (Wildman–Crippen MR) is 102 cm³/mol. The number of carbonyl (C=O) groups excluding carboxylic acids is 1. The SMILES string of the molecule is CCOc1ccc(CC(=O)N=c2sc3cc(C)c(C)cc3n2C)cc1. The fraction of sp³-hybridized carbons (Fsp3) is 0.300. The zero-order chi connectivity index (χ0) is 18.0. The summed E-state index contributed by atoms with van der Waals surface area (Å²) in [5.74, 6) is 0.678. The molecule has 0 atom stereocenters. The molecule has 3 aromatic rings. The number of hydrogen-bond acceptors (Lipinski definition) is 3. The van der Waals surface area contributed by atoms with Gasteiger partial charge in [-0.2, -0.15) is 4.99 Å². The van der Waals surface area contributed by atoms with Gasteiger partial charge in [0.2, 0.25) is 0 Å². The molecule has 0 fully saturated rings. The monoisotopic (exact) mass is 354 g/mol. The minimum Gasteiger partial charge on any atom is -0.494 e. The highest BCUT2D eigenvalue weighted by Crippen LogP contribution is 2.21. The predicted octanol–water partition coefficient (Wildman–Crippen LogP) is 3.93. The molecular weight excluding hydrogens is 332 g/mol. The first-order valence-corrected chi connectivity index (χ1v) is 9.15. The zero-order valence-electron chi connectivity index (χ0n) is 15.0. The molecule has 25 heavy (non-hydrogen) atoms. The molecule has 0 aliphatic rings. The number of ether oxygens (including phenoxy) is 1. The highest BCUT2D eigenvalue weighted by Gasteiger charge is 2.08. The molecule has 0 radical (unpaired) electrons. The van der Waals surface area contributed by atoms with E-state index < -0.39 is 0 Å². The number of benzene rings is 2. The Morgan fingerprint density at radius 2 is 1.84 bits per heavy atom. The van der Waals surface area contributed by atoms with Crippen LogP contribution < -0.4 is 9.54 Å². The lowest BCUT2D eigenvalue weighted by molar-refractivity contribution is -0.117. The molecule has 130 valence electrons. The quantitative estimate of drug-likeness (QED) is 0.713. The summed E-state index contributed by atoms with van der Waals surface area (Å²) in [5, 5.41) is 0. The Morgan fingerprint density at radius 3 is 2.52 bits per heavy atom. The molecule has 3 rings (SSSR count). The van der Waals surface area contributed by atoms with Crippen LogP contribution >= 0.6 is 11.3 Å². The largest absolute Gasteiger partial charge is 0.494 e. The highest BCUT2D eigenvalue weighted by molar-refractivity contribution is 7.16. The van der Waals surface area contributed by atoms with Crippen molar-refractivity contribution in [2.24, 2.45) is 12.0 Å². The Morgan fingerprint density at radius 1 is 1.16 bits per heavy atom. The van der Waals surface area contributed by atoms with Crippen LogP contribution in [-0.2, 0) is 18.3 Å². The number of aromatic nitrogens is 1. The van der Waals surface area contributed by atoms with Crippen LogP contribution in [0.1, 0.15) is 23.6 Å². The minimum atomic E-state index is -0.139. The molecule has 4 nitrogen and oxygen atoms in total. The van der Waals surface area contributed by atoms with E-state index in [4.69, 9.17) is 4.74 Å². The van der Waals surface area contributed by atoms with Gasteiger partial charge in [-0.25, -0.2) is 0 Å². The lowest BCUT2D eigenvalue weighted by Gasteiger charge is -2.03. The second-order valence-electron chi connectivity index (χ2n) is 6.11. The van der Waals surface area contributed by atoms with E-state index in [9.17, 15) is 4.79 Å². The molecule has 0 spiro atoms. The third-order valence-electron chi connectivity index (χ3n) is 4.23. The standard InChI is InChI=1S/C20H22N2O2S/c1-5-24-16-8-6-15(7-9-16)12-19(23)21-20-22(4)17-10-13(2)14(3)11-18(17)25-20/h6-11H,5,12H2,1-4H3. The summed E-state index contributed by atoms with van der Waals surface area (Å²) < 4.78 is 8.56. The van der Waals surface area contributed by atoms with Gasteiger partial charge in [-0.1, -0.05) is 23.5 Å². The molecule has 0 saturated heterocycles. The Bertz CT molecular complexity index is 981. The molecule has 0 unspecified atom stereocenters. The molecule has 1 aromatic heterocycles. The van der Waals surface area contributed by atoms with Crippen molar-refractivity contribution in [3.05, 3.63) is 57.9 Å². The van der Waals surface area contributed by atoms with E-state index in [1.807, 2.05) is 42.8 Å². The average Bonchev–Trinajstić information content (AvgIpc) is 2.86. The van der Waals surface area contributed by atoms with Crippen molar-refractivity contribution in [2.45, 2.75) is 27.2 Å². The van der Waals surface area contributed by atoms with Crippen LogP contribution in [0.5, 0.6) is 5.75 Å². The molecule has 1 amide bonds. The van der Waals surface area contributed by atoms with Crippen LogP contribution in [0.15, 0.2) is 41.4 Å². The number of thiazole rings is 1. The summed E-state index contributed by atoms with van der Waals surface area (Å²) in [6.07, 6.45) is 0.290. The van der Waals surface area contributed by atoms with Crippen molar-refractivity contribution in [3.63, 3.8) is 0 Å². The smallest absolute Gasteiger partial charge is 0.252 e. The summed E-state index contributed by atoms with van der Waals surface area (Å²) in [6.45, 7) is 6.78. The molecule has 1 heterocycles. The van der Waals surface area contributed by atoms with Gasteiger partial charge in [-0.3, -0.25) is 4.79 Å². The van der Waals surface area contributed by atoms with Crippen molar-refractivity contribution >= 4 is 27.5 Å². The van der Waals surface area contributed by atoms with Crippen LogP contribution in [0.2, 0.25) is 0 Å². The van der Waals surface area contributed by atoms with Gasteiger partial charge in [0.15, 0.2) is 4.80 Å². The van der Waals surface area contributed by atoms with E-state index in [0.29, 0.717) is 13.0 Å². The zero-order valence-corrected chi connectivity index (χ0v) is 15.8. The minimum absolute atomic E-state index is 0.139. The lowest BCUT2D eigenvalue weighted by atomic mass is 10.1. The summed E-state index contributed by atoms with van der Waals surface area (Å²) >= 11 is 1.55. The third kappa shape index (κ3) is 3.82. The normalized spacial score (nSPS) is 11.9. The van der Waals surface area contributed by atoms with E-state index in [1.54, 1.807) is 11.3 Å². The van der Waals surface area contributed by atoms with Crippen molar-refractivity contribution < 1.29 is 9.53 Å². The van der Waals surface area contributed by atoms with E-state index in [1.165, 1.54) is 11.1 Å². The topological polar surface area (TPSA) is 43.6 Å². The summed E-state index contributed by atoms with van der Waals surface area (Å²) in [6, 6.07) is 11.9. The summed E-state index contributed by atoms with van der Waals surface area (Å²) in [7, 11) is 1.95. The second-order valence-corrected chi connectivity index (χ2v) is 7.12. The van der Waals surface area contributed by atoms with Crippen LogP contribution in [0.4, 0.5) is 0 Å². The molecule has 0 aliphatic carbocycles. The first kappa shape index (κ1) is 17.4. The first-order valence-electron chi connectivity index (χ1n) is 8.34. The first-order chi connectivity index (χ1) is 12.0. The van der Waals surface area contributed by atoms with Crippen molar-refractivity contribution in [3.8, 4) is 5.75 Å². The maximum absolute atomic E-state index is 12.4. The Hall–Kier alpha value is -2.40. The summed E-state index contributed by atoms with van der Waals surface area (Å²) in [5.41, 5.74) is 4.54. The number of nitrogens with zero attached hydrogens (tertiary/aromatic N) is 2. The van der Waals surface area contributed by atoms with Gasteiger partial charge in [0, 0.05) is 7.05 Å². The molecule has 0 saturated carbocycles. The van der Waals surface area contributed by atoms with Crippen LogP contribution in [0, 0.1) is 13.8 Å². The fourth-order valence-corrected chi connectivity index (χ4v) is 3.79. The van der Waals surface area contributed by atoms with E-state index >= 15 is 0 Å². The number of aryl methyl sites for hydroxylation is 3. The van der Waals surface area contributed by atoms with Gasteiger partial charge >= 0.3 is 0 Å². The maximum atomic E-state index is 12.4. The van der Waals surface area contributed by atoms with Gasteiger partial charge in [0.1, 0.15) is 5.75 Å². The number of carbonyl (C=O) groups is 1. The fourth-order valence-electron chi connectivity index (χ4n) is 2.68. The highest BCUT2D eigenvalue weighted by atomic mass is 32.1. The molecule has 0 N–H and O–H groups in total. The Labute approximate surface area is 151 Å². The Kier molecular flexibility index (Phi) is 5.04. The van der Waals surface area contributed by atoms with Gasteiger partial charge in [-0.15, -0.1) is 0 Å². The van der Waals surface area contributed by atoms with E-state index in [-0.39, 0.29) is 5.91 Å². The summed E-state index contributed by atoms with van der Waals surface area (Å²) in [4.78, 5) is 17.4. The number of amides is 1. The number of hydrogen-bond donors (Lipinski definition) is 0. The maximum Gasteiger partial charge on any atom is 0.252 e. The lowest BCUT2D eigenvalue weighted by Crippen LogP contribution is -2.14. The van der Waals surface area contributed by atoms with Gasteiger partial charge in [0.25, 0.3) is 5.91 Å². The Balaban J connectivity index is 1.85. The van der Waals surface area contributed by atoms with Crippen LogP contribution in [-0.4, -0.2) is 17.1 Å². The van der Waals surface area contributed by atoms with Crippen molar-refractivity contribution in [1.82, 2.24) is 4.57 Å². The average molecular weight is 354 g/mol. The van der Waals surface area contributed by atoms with Gasteiger partial charge in [-0.05, 0) is 61.7 Å². The number of rotatable bonds is 4. The molecular formula is C20H22N2O2S. The van der Waals surface area contributed by atoms with Crippen molar-refractivity contribution in [1.29, 1.82) is 0 Å². The molecule has 2 aromatic carbocycles. The second kappa shape index (κ2) is 7.23. The molecule has 0 bridgehead atoms. The van der Waals surface area contributed by atoms with E-state index in [0.717, 1.165) is 26.3 Å². The third-order valence-corrected chi connectivity index (χ3v) is 5.33. The van der Waals surface area contributed by atoms with Crippen LogP contribution in [0.3, 0.4) is 0 Å². The number of fused-ring (bicyclic) bond motifs is 1. The van der Waals surface area contributed by atoms with Crippen molar-refractivity contribution in [2.75, 3.05) is 6.61 Å².